The van der Waals surface area contributed by atoms with Crippen molar-refractivity contribution >= 4 is 11.6 Å². The maximum atomic E-state index is 12.9. The SMILES string of the molecule is OCC#Cc1ccc(OCc2ccc(F)cc2Cl)cc1. The predicted molar refractivity (Wildman–Crippen MR) is 76.1 cm³/mol. The molecule has 0 spiro atoms. The van der Waals surface area contributed by atoms with Gasteiger partial charge in [-0.3, -0.25) is 0 Å². The maximum absolute atomic E-state index is 12.9. The van der Waals surface area contributed by atoms with Crippen LogP contribution in [0.4, 0.5) is 4.39 Å². The first kappa shape index (κ1) is 14.4. The van der Waals surface area contributed by atoms with Crippen LogP contribution in [-0.2, 0) is 6.61 Å². The summed E-state index contributed by atoms with van der Waals surface area (Å²) in [6, 6.07) is 11.3. The van der Waals surface area contributed by atoms with E-state index in [1.54, 1.807) is 30.3 Å². The molecule has 0 aliphatic rings. The molecule has 0 aromatic heterocycles. The summed E-state index contributed by atoms with van der Waals surface area (Å²) in [5.41, 5.74) is 1.52. The molecule has 0 saturated carbocycles. The summed E-state index contributed by atoms with van der Waals surface area (Å²) >= 11 is 5.92. The van der Waals surface area contributed by atoms with E-state index < -0.39 is 0 Å². The fourth-order valence-electron chi connectivity index (χ4n) is 1.58. The summed E-state index contributed by atoms with van der Waals surface area (Å²) in [4.78, 5) is 0. The molecule has 102 valence electrons. The summed E-state index contributed by atoms with van der Waals surface area (Å²) in [7, 11) is 0. The van der Waals surface area contributed by atoms with Crippen LogP contribution in [0.5, 0.6) is 5.75 Å². The standard InChI is InChI=1S/C16H12ClFO2/c17-16-10-14(18)6-5-13(16)11-20-15-7-3-12(4-8-15)2-1-9-19/h3-8,10,19H,9,11H2. The highest BCUT2D eigenvalue weighted by Gasteiger charge is 2.03. The van der Waals surface area contributed by atoms with Crippen molar-refractivity contribution in [1.82, 2.24) is 0 Å². The average Bonchev–Trinajstić information content (AvgIpc) is 2.45. The second-order valence-electron chi connectivity index (χ2n) is 4.01. The van der Waals surface area contributed by atoms with Crippen molar-refractivity contribution in [2.24, 2.45) is 0 Å². The first-order chi connectivity index (χ1) is 9.69. The van der Waals surface area contributed by atoms with Crippen LogP contribution in [0.15, 0.2) is 42.5 Å². The number of hydrogen-bond acceptors (Lipinski definition) is 2. The van der Waals surface area contributed by atoms with Gasteiger partial charge in [-0.1, -0.05) is 29.5 Å². The Labute approximate surface area is 121 Å². The van der Waals surface area contributed by atoms with Crippen LogP contribution in [0.3, 0.4) is 0 Å². The molecule has 0 atom stereocenters. The van der Waals surface area contributed by atoms with E-state index >= 15 is 0 Å². The molecule has 20 heavy (non-hydrogen) atoms. The zero-order chi connectivity index (χ0) is 14.4. The molecule has 0 fully saturated rings. The molecule has 2 nitrogen and oxygen atoms in total. The molecule has 2 rings (SSSR count). The minimum absolute atomic E-state index is 0.165. The minimum Gasteiger partial charge on any atom is -0.489 e. The quantitative estimate of drug-likeness (QED) is 0.878. The number of benzene rings is 2. The van der Waals surface area contributed by atoms with Gasteiger partial charge >= 0.3 is 0 Å². The Bertz CT molecular complexity index is 642. The molecule has 0 heterocycles. The van der Waals surface area contributed by atoms with Gasteiger partial charge in [0.25, 0.3) is 0 Å². The lowest BCUT2D eigenvalue weighted by Crippen LogP contribution is -1.96. The molecule has 0 aliphatic carbocycles. The largest absolute Gasteiger partial charge is 0.489 e. The van der Waals surface area contributed by atoms with Gasteiger partial charge in [-0.05, 0) is 36.4 Å². The number of hydrogen-bond donors (Lipinski definition) is 1. The summed E-state index contributed by atoms with van der Waals surface area (Å²) in [6.45, 7) is 0.0993. The van der Waals surface area contributed by atoms with Crippen LogP contribution in [0.2, 0.25) is 5.02 Å². The van der Waals surface area contributed by atoms with E-state index in [9.17, 15) is 4.39 Å². The fourth-order valence-corrected chi connectivity index (χ4v) is 1.80. The highest BCUT2D eigenvalue weighted by molar-refractivity contribution is 6.31. The van der Waals surface area contributed by atoms with Gasteiger partial charge in [0.1, 0.15) is 24.8 Å². The van der Waals surface area contributed by atoms with E-state index in [4.69, 9.17) is 21.4 Å². The molecule has 2 aromatic carbocycles. The molecule has 0 radical (unpaired) electrons. The molecule has 1 N–H and O–H groups in total. The lowest BCUT2D eigenvalue weighted by molar-refractivity contribution is 0.306. The van der Waals surface area contributed by atoms with Crippen LogP contribution < -0.4 is 4.74 Å². The first-order valence-electron chi connectivity index (χ1n) is 5.95. The number of aliphatic hydroxyl groups is 1. The number of aliphatic hydroxyl groups excluding tert-OH is 1. The summed E-state index contributed by atoms with van der Waals surface area (Å²) in [6.07, 6.45) is 0. The topological polar surface area (TPSA) is 29.5 Å². The van der Waals surface area contributed by atoms with Crippen molar-refractivity contribution < 1.29 is 14.2 Å². The molecule has 0 amide bonds. The van der Waals surface area contributed by atoms with Gasteiger partial charge in [-0.25, -0.2) is 4.39 Å². The van der Waals surface area contributed by atoms with E-state index in [1.807, 2.05) is 0 Å². The second-order valence-corrected chi connectivity index (χ2v) is 4.42. The summed E-state index contributed by atoms with van der Waals surface area (Å²) < 4.78 is 18.5. The van der Waals surface area contributed by atoms with Crippen LogP contribution in [0.25, 0.3) is 0 Å². The van der Waals surface area contributed by atoms with Gasteiger partial charge in [-0.2, -0.15) is 0 Å². The second kappa shape index (κ2) is 6.95. The van der Waals surface area contributed by atoms with Gasteiger partial charge in [-0.15, -0.1) is 0 Å². The Morgan fingerprint density at radius 2 is 1.90 bits per heavy atom. The number of rotatable bonds is 3. The number of ether oxygens (including phenoxy) is 1. The molecule has 4 heteroatoms. The van der Waals surface area contributed by atoms with Crippen molar-refractivity contribution in [3.05, 3.63) is 64.4 Å². The monoisotopic (exact) mass is 290 g/mol. The zero-order valence-electron chi connectivity index (χ0n) is 10.6. The van der Waals surface area contributed by atoms with E-state index in [-0.39, 0.29) is 19.0 Å². The fraction of sp³-hybridized carbons (Fsp3) is 0.125. The molecular weight excluding hydrogens is 279 g/mol. The van der Waals surface area contributed by atoms with Gasteiger partial charge in [0.05, 0.1) is 5.02 Å². The molecule has 2 aromatic rings. The minimum atomic E-state index is -0.370. The molecule has 0 bridgehead atoms. The lowest BCUT2D eigenvalue weighted by Gasteiger charge is -2.08. The third kappa shape index (κ3) is 3.99. The van der Waals surface area contributed by atoms with Crippen molar-refractivity contribution in [1.29, 1.82) is 0 Å². The molecule has 0 aliphatic heterocycles. The van der Waals surface area contributed by atoms with Gasteiger partial charge in [0.2, 0.25) is 0 Å². The average molecular weight is 291 g/mol. The molecule has 0 saturated heterocycles. The van der Waals surface area contributed by atoms with E-state index in [0.717, 1.165) is 11.1 Å². The lowest BCUT2D eigenvalue weighted by atomic mass is 10.2. The van der Waals surface area contributed by atoms with Crippen LogP contribution in [0.1, 0.15) is 11.1 Å². The van der Waals surface area contributed by atoms with Crippen molar-refractivity contribution in [3.8, 4) is 17.6 Å². The van der Waals surface area contributed by atoms with Gasteiger partial charge in [0, 0.05) is 11.1 Å². The number of halogens is 2. The Hall–Kier alpha value is -2.02. The van der Waals surface area contributed by atoms with Crippen LogP contribution in [-0.4, -0.2) is 11.7 Å². The summed E-state index contributed by atoms with van der Waals surface area (Å²) in [5, 5.41) is 8.94. The van der Waals surface area contributed by atoms with Gasteiger partial charge < -0.3 is 9.84 Å². The summed E-state index contributed by atoms with van der Waals surface area (Å²) in [5.74, 6) is 5.66. The Morgan fingerprint density at radius 3 is 2.55 bits per heavy atom. The Morgan fingerprint density at radius 1 is 1.15 bits per heavy atom. The van der Waals surface area contributed by atoms with Crippen LogP contribution >= 0.6 is 11.6 Å². The van der Waals surface area contributed by atoms with Crippen molar-refractivity contribution in [2.75, 3.05) is 6.61 Å². The maximum Gasteiger partial charge on any atom is 0.124 e. The molecular formula is C16H12ClFO2. The van der Waals surface area contributed by atoms with Crippen molar-refractivity contribution in [3.63, 3.8) is 0 Å². The van der Waals surface area contributed by atoms with Gasteiger partial charge in [0.15, 0.2) is 0 Å². The third-order valence-corrected chi connectivity index (χ3v) is 2.93. The van der Waals surface area contributed by atoms with Crippen LogP contribution in [0, 0.1) is 17.7 Å². The molecule has 0 unspecified atom stereocenters. The highest BCUT2D eigenvalue weighted by Crippen LogP contribution is 2.20. The predicted octanol–water partition coefficient (Wildman–Crippen LogP) is 3.40. The third-order valence-electron chi connectivity index (χ3n) is 2.58. The first-order valence-corrected chi connectivity index (χ1v) is 6.33. The Kier molecular flexibility index (Phi) is 5.00. The smallest absolute Gasteiger partial charge is 0.124 e. The van der Waals surface area contributed by atoms with E-state index in [1.165, 1.54) is 12.1 Å². The van der Waals surface area contributed by atoms with Crippen molar-refractivity contribution in [2.45, 2.75) is 6.61 Å². The van der Waals surface area contributed by atoms with E-state index in [0.29, 0.717) is 10.8 Å². The zero-order valence-corrected chi connectivity index (χ0v) is 11.3. The highest BCUT2D eigenvalue weighted by atomic mass is 35.5. The normalized spacial score (nSPS) is 9.75. The van der Waals surface area contributed by atoms with E-state index in [2.05, 4.69) is 11.8 Å². The Balaban J connectivity index is 2.00.